The van der Waals surface area contributed by atoms with E-state index in [1.807, 2.05) is 0 Å². The van der Waals surface area contributed by atoms with Crippen molar-refractivity contribution in [1.82, 2.24) is 9.55 Å². The quantitative estimate of drug-likeness (QED) is 0.869. The molecule has 2 N–H and O–H groups in total. The molecule has 98 valence electrons. The van der Waals surface area contributed by atoms with Crippen LogP contribution < -0.4 is 5.73 Å². The average molecular weight is 245 g/mol. The molecule has 4 aliphatic rings. The van der Waals surface area contributed by atoms with E-state index in [4.69, 9.17) is 10.7 Å². The Balaban J connectivity index is 1.76. The van der Waals surface area contributed by atoms with Crippen LogP contribution in [0.15, 0.2) is 6.20 Å². The van der Waals surface area contributed by atoms with E-state index in [2.05, 4.69) is 17.8 Å². The zero-order chi connectivity index (χ0) is 12.3. The van der Waals surface area contributed by atoms with Crippen LogP contribution in [-0.4, -0.2) is 9.55 Å². The number of nitrogens with zero attached hydrogens (tertiary/aromatic N) is 2. The molecule has 1 aromatic heterocycles. The lowest BCUT2D eigenvalue weighted by molar-refractivity contribution is -0.0106. The molecule has 4 saturated carbocycles. The van der Waals surface area contributed by atoms with E-state index in [1.165, 1.54) is 44.3 Å². The Hall–Kier alpha value is -0.830. The van der Waals surface area contributed by atoms with E-state index >= 15 is 0 Å². The lowest BCUT2D eigenvalue weighted by Crippen LogP contribution is -2.49. The minimum absolute atomic E-state index is 0.400. The summed E-state index contributed by atoms with van der Waals surface area (Å²) < 4.78 is 2.26. The summed E-state index contributed by atoms with van der Waals surface area (Å²) in [4.78, 5) is 4.86. The molecule has 0 atom stereocenters. The molecule has 4 bridgehead atoms. The van der Waals surface area contributed by atoms with Crippen LogP contribution in [0.1, 0.15) is 50.0 Å². The third kappa shape index (κ3) is 1.43. The summed E-state index contributed by atoms with van der Waals surface area (Å²) in [6.45, 7) is 0.570. The van der Waals surface area contributed by atoms with Gasteiger partial charge in [-0.05, 0) is 56.3 Å². The Kier molecular flexibility index (Phi) is 2.20. The molecule has 4 fully saturated rings. The van der Waals surface area contributed by atoms with Gasteiger partial charge >= 0.3 is 0 Å². The summed E-state index contributed by atoms with van der Waals surface area (Å²) in [5.41, 5.74) is 7.21. The largest absolute Gasteiger partial charge is 0.337 e. The van der Waals surface area contributed by atoms with Gasteiger partial charge in [-0.1, -0.05) is 0 Å². The fourth-order valence-corrected chi connectivity index (χ4v) is 5.50. The van der Waals surface area contributed by atoms with Crippen molar-refractivity contribution in [2.45, 2.75) is 50.5 Å². The van der Waals surface area contributed by atoms with Crippen molar-refractivity contribution in [3.8, 4) is 0 Å². The van der Waals surface area contributed by atoms with Crippen LogP contribution in [0.2, 0.25) is 0 Å². The Morgan fingerprint density at radius 3 is 2.22 bits per heavy atom. The molecule has 0 unspecified atom stereocenters. The van der Waals surface area contributed by atoms with Gasteiger partial charge in [0, 0.05) is 25.2 Å². The minimum atomic E-state index is 0.400. The molecule has 0 saturated heterocycles. The van der Waals surface area contributed by atoms with Crippen LogP contribution >= 0.6 is 0 Å². The number of aromatic nitrogens is 2. The molecule has 1 heterocycles. The molecule has 0 radical (unpaired) electrons. The maximum Gasteiger partial charge on any atom is 0.115 e. The van der Waals surface area contributed by atoms with E-state index in [0.717, 1.165) is 23.4 Å². The number of rotatable bonds is 2. The van der Waals surface area contributed by atoms with Crippen molar-refractivity contribution < 1.29 is 0 Å². The predicted octanol–water partition coefficient (Wildman–Crippen LogP) is 2.35. The monoisotopic (exact) mass is 245 g/mol. The molecule has 1 aromatic rings. The highest BCUT2D eigenvalue weighted by Crippen LogP contribution is 2.60. The molecule has 3 heteroatoms. The van der Waals surface area contributed by atoms with Gasteiger partial charge in [-0.25, -0.2) is 4.98 Å². The van der Waals surface area contributed by atoms with Crippen LogP contribution in [-0.2, 0) is 19.0 Å². The highest BCUT2D eigenvalue weighted by Gasteiger charge is 2.53. The van der Waals surface area contributed by atoms with Crippen molar-refractivity contribution in [1.29, 1.82) is 0 Å². The molecular weight excluding hydrogens is 222 g/mol. The third-order valence-corrected chi connectivity index (χ3v) is 5.65. The van der Waals surface area contributed by atoms with Crippen molar-refractivity contribution in [2.24, 2.45) is 30.5 Å². The number of hydrogen-bond acceptors (Lipinski definition) is 2. The van der Waals surface area contributed by atoms with Gasteiger partial charge in [-0.2, -0.15) is 0 Å². The van der Waals surface area contributed by atoms with E-state index in [1.54, 1.807) is 0 Å². The topological polar surface area (TPSA) is 43.8 Å². The highest BCUT2D eigenvalue weighted by molar-refractivity contribution is 5.20. The molecule has 0 amide bonds. The zero-order valence-electron chi connectivity index (χ0n) is 11.2. The lowest BCUT2D eigenvalue weighted by Gasteiger charge is -2.56. The van der Waals surface area contributed by atoms with Crippen LogP contribution in [0, 0.1) is 17.8 Å². The maximum atomic E-state index is 5.75. The first-order valence-corrected chi connectivity index (χ1v) is 7.41. The molecule has 0 aliphatic heterocycles. The van der Waals surface area contributed by atoms with Crippen LogP contribution in [0.4, 0.5) is 0 Å². The van der Waals surface area contributed by atoms with Gasteiger partial charge < -0.3 is 10.3 Å². The fourth-order valence-electron chi connectivity index (χ4n) is 5.50. The van der Waals surface area contributed by atoms with Gasteiger partial charge in [0.1, 0.15) is 5.82 Å². The van der Waals surface area contributed by atoms with E-state index < -0.39 is 0 Å². The zero-order valence-corrected chi connectivity index (χ0v) is 11.2. The Morgan fingerprint density at radius 1 is 1.22 bits per heavy atom. The van der Waals surface area contributed by atoms with Crippen molar-refractivity contribution in [3.05, 3.63) is 17.7 Å². The summed E-state index contributed by atoms with van der Waals surface area (Å²) >= 11 is 0. The Bertz CT molecular complexity index is 439. The second-order valence-electron chi connectivity index (χ2n) is 7.07. The smallest absolute Gasteiger partial charge is 0.115 e. The van der Waals surface area contributed by atoms with Crippen LogP contribution in [0.25, 0.3) is 0 Å². The third-order valence-electron chi connectivity index (χ3n) is 5.65. The maximum absolute atomic E-state index is 5.75. The minimum Gasteiger partial charge on any atom is -0.337 e. The summed E-state index contributed by atoms with van der Waals surface area (Å²) in [5.74, 6) is 4.28. The highest BCUT2D eigenvalue weighted by atomic mass is 15.1. The molecule has 18 heavy (non-hydrogen) atoms. The van der Waals surface area contributed by atoms with Gasteiger partial charge in [-0.15, -0.1) is 0 Å². The van der Waals surface area contributed by atoms with Crippen molar-refractivity contribution in [2.75, 3.05) is 0 Å². The van der Waals surface area contributed by atoms with Crippen LogP contribution in [0.3, 0.4) is 0 Å². The van der Waals surface area contributed by atoms with Gasteiger partial charge in [0.05, 0.1) is 5.69 Å². The molecule has 3 nitrogen and oxygen atoms in total. The first kappa shape index (κ1) is 11.0. The van der Waals surface area contributed by atoms with E-state index in [-0.39, 0.29) is 0 Å². The van der Waals surface area contributed by atoms with Gasteiger partial charge in [0.15, 0.2) is 0 Å². The Labute approximate surface area is 109 Å². The summed E-state index contributed by atoms with van der Waals surface area (Å²) in [6, 6.07) is 0. The number of imidazole rings is 1. The normalized spacial score (nSPS) is 41.6. The number of nitrogens with two attached hydrogens (primary N) is 1. The Morgan fingerprint density at radius 2 is 1.78 bits per heavy atom. The summed E-state index contributed by atoms with van der Waals surface area (Å²) in [5, 5.41) is 0. The molecule has 5 rings (SSSR count). The number of hydrogen-bond donors (Lipinski definition) is 1. The van der Waals surface area contributed by atoms with Crippen molar-refractivity contribution in [3.63, 3.8) is 0 Å². The van der Waals surface area contributed by atoms with Crippen molar-refractivity contribution >= 4 is 0 Å². The van der Waals surface area contributed by atoms with E-state index in [9.17, 15) is 0 Å². The lowest BCUT2D eigenvalue weighted by atomic mass is 9.49. The fraction of sp³-hybridized carbons (Fsp3) is 0.800. The predicted molar refractivity (Wildman–Crippen MR) is 70.9 cm³/mol. The first-order chi connectivity index (χ1) is 8.68. The van der Waals surface area contributed by atoms with Crippen LogP contribution in [0.5, 0.6) is 0 Å². The molecule has 0 spiro atoms. The van der Waals surface area contributed by atoms with Gasteiger partial charge in [-0.3, -0.25) is 0 Å². The first-order valence-electron chi connectivity index (χ1n) is 7.41. The van der Waals surface area contributed by atoms with Gasteiger partial charge in [0.2, 0.25) is 0 Å². The second-order valence-corrected chi connectivity index (χ2v) is 7.07. The van der Waals surface area contributed by atoms with Gasteiger partial charge in [0.25, 0.3) is 0 Å². The average Bonchev–Trinajstić information content (AvgIpc) is 2.69. The SMILES string of the molecule is Cn1cc(CN)nc1C12CC3CC(CC(C3)C1)C2. The number of aryl methyl sites for hydroxylation is 1. The summed E-state index contributed by atoms with van der Waals surface area (Å²) in [6.07, 6.45) is 10.8. The molecule has 0 aromatic carbocycles. The summed E-state index contributed by atoms with van der Waals surface area (Å²) in [7, 11) is 2.15. The molecular formula is C15H23N3. The standard InChI is InChI=1S/C15H23N3/c1-18-9-13(8-16)17-14(18)15-5-10-2-11(6-15)4-12(3-10)7-15/h9-12H,2-8,16H2,1H3. The second kappa shape index (κ2) is 3.60. The van der Waals surface area contributed by atoms with E-state index in [0.29, 0.717) is 12.0 Å². The molecule has 4 aliphatic carbocycles.